The van der Waals surface area contributed by atoms with Crippen LogP contribution >= 0.6 is 0 Å². The summed E-state index contributed by atoms with van der Waals surface area (Å²) in [7, 11) is -3.76. The molecule has 142 valence electrons. The van der Waals surface area contributed by atoms with Crippen molar-refractivity contribution in [1.82, 2.24) is 0 Å². The number of hydrogen-bond acceptors (Lipinski definition) is 2. The number of hydrogen-bond donors (Lipinski definition) is 1. The maximum atomic E-state index is 12.2. The van der Waals surface area contributed by atoms with Crippen LogP contribution in [-0.4, -0.2) is 8.42 Å². The van der Waals surface area contributed by atoms with Gasteiger partial charge in [0.1, 0.15) is 0 Å². The Morgan fingerprint density at radius 1 is 0.926 bits per heavy atom. The molecule has 1 saturated carbocycles. The van der Waals surface area contributed by atoms with Gasteiger partial charge in [-0.3, -0.25) is 0 Å². The summed E-state index contributed by atoms with van der Waals surface area (Å²) in [5, 5.41) is 5.54. The molecule has 0 bridgehead atoms. The second-order valence-corrected chi connectivity index (χ2v) is 9.64. The van der Waals surface area contributed by atoms with E-state index in [1.54, 1.807) is 12.1 Å². The van der Waals surface area contributed by atoms with E-state index < -0.39 is 10.0 Å². The van der Waals surface area contributed by atoms with Crippen molar-refractivity contribution in [3.8, 4) is 0 Å². The molecule has 0 aromatic heterocycles. The summed E-state index contributed by atoms with van der Waals surface area (Å²) in [5.41, 5.74) is 6.09. The Morgan fingerprint density at radius 2 is 1.56 bits per heavy atom. The predicted octanol–water partition coefficient (Wildman–Crippen LogP) is 5.16. The van der Waals surface area contributed by atoms with Crippen LogP contribution in [-0.2, 0) is 16.4 Å². The van der Waals surface area contributed by atoms with Crippen molar-refractivity contribution in [3.63, 3.8) is 0 Å². The summed E-state index contributed by atoms with van der Waals surface area (Å²) in [6.07, 6.45) is 8.00. The molecular formula is C23H27NO2S. The molecule has 0 unspecified atom stereocenters. The Morgan fingerprint density at radius 3 is 2.19 bits per heavy atom. The molecule has 27 heavy (non-hydrogen) atoms. The second kappa shape index (κ2) is 6.92. The third-order valence-corrected chi connectivity index (χ3v) is 7.33. The molecule has 3 nitrogen and oxygen atoms in total. The molecule has 0 atom stereocenters. The maximum absolute atomic E-state index is 12.2. The predicted molar refractivity (Wildman–Crippen MR) is 111 cm³/mol. The Labute approximate surface area is 162 Å². The Balaban J connectivity index is 1.87. The molecule has 0 saturated heterocycles. The molecule has 0 amide bonds. The number of allylic oxidation sites excluding steroid dienone is 2. The molecule has 2 aliphatic rings. The van der Waals surface area contributed by atoms with E-state index in [1.165, 1.54) is 48.0 Å². The first-order valence-electron chi connectivity index (χ1n) is 9.85. The fourth-order valence-corrected chi connectivity index (χ4v) is 5.71. The van der Waals surface area contributed by atoms with Gasteiger partial charge in [-0.2, -0.15) is 0 Å². The van der Waals surface area contributed by atoms with Crippen molar-refractivity contribution in [2.75, 3.05) is 0 Å². The van der Waals surface area contributed by atoms with Crippen molar-refractivity contribution in [2.45, 2.75) is 56.8 Å². The van der Waals surface area contributed by atoms with E-state index in [0.29, 0.717) is 5.41 Å². The SMILES string of the molecule is CCc1ccc(C2=C(c3ccccc3S(N)(=O)=O)CC3(CCCC3)C2)cc1. The number of nitrogens with two attached hydrogens (primary N) is 1. The fourth-order valence-electron chi connectivity index (χ4n) is 4.94. The van der Waals surface area contributed by atoms with Crippen LogP contribution in [0.4, 0.5) is 0 Å². The minimum absolute atomic E-state index is 0.248. The molecule has 0 aliphatic heterocycles. The Hall–Kier alpha value is -1.91. The first-order chi connectivity index (χ1) is 12.9. The van der Waals surface area contributed by atoms with Crippen LogP contribution < -0.4 is 5.14 Å². The summed E-state index contributed by atoms with van der Waals surface area (Å²) in [6.45, 7) is 2.16. The van der Waals surface area contributed by atoms with Gasteiger partial charge in [0.25, 0.3) is 0 Å². The van der Waals surface area contributed by atoms with E-state index in [2.05, 4.69) is 31.2 Å². The molecule has 2 aliphatic carbocycles. The van der Waals surface area contributed by atoms with Gasteiger partial charge in [0.15, 0.2) is 0 Å². The van der Waals surface area contributed by atoms with Crippen molar-refractivity contribution < 1.29 is 8.42 Å². The zero-order valence-corrected chi connectivity index (χ0v) is 16.7. The molecule has 2 N–H and O–H groups in total. The van der Waals surface area contributed by atoms with Crippen LogP contribution in [0, 0.1) is 5.41 Å². The van der Waals surface area contributed by atoms with Crippen molar-refractivity contribution in [1.29, 1.82) is 0 Å². The lowest BCUT2D eigenvalue weighted by atomic mass is 9.81. The van der Waals surface area contributed by atoms with Crippen LogP contribution in [0.5, 0.6) is 0 Å². The minimum atomic E-state index is -3.76. The number of rotatable bonds is 4. The monoisotopic (exact) mass is 381 g/mol. The van der Waals surface area contributed by atoms with Crippen molar-refractivity contribution >= 4 is 21.2 Å². The molecule has 0 radical (unpaired) electrons. The largest absolute Gasteiger partial charge is 0.238 e. The van der Waals surface area contributed by atoms with Crippen LogP contribution in [0.1, 0.15) is 62.1 Å². The molecule has 4 heteroatoms. The molecular weight excluding hydrogens is 354 g/mol. The van der Waals surface area contributed by atoms with E-state index in [0.717, 1.165) is 24.8 Å². The van der Waals surface area contributed by atoms with Gasteiger partial charge in [0.05, 0.1) is 4.90 Å². The Bertz CT molecular complexity index is 981. The van der Waals surface area contributed by atoms with Gasteiger partial charge in [-0.25, -0.2) is 13.6 Å². The van der Waals surface area contributed by atoms with E-state index >= 15 is 0 Å². The van der Waals surface area contributed by atoms with Gasteiger partial charge in [0.2, 0.25) is 10.0 Å². The smallest absolute Gasteiger partial charge is 0.225 e. The molecule has 2 aromatic rings. The summed E-state index contributed by atoms with van der Waals surface area (Å²) in [6, 6.07) is 16.0. The van der Waals surface area contributed by atoms with Gasteiger partial charge in [-0.05, 0) is 71.4 Å². The van der Waals surface area contributed by atoms with E-state index in [4.69, 9.17) is 5.14 Å². The first kappa shape index (κ1) is 18.5. The molecule has 1 fully saturated rings. The second-order valence-electron chi connectivity index (χ2n) is 8.11. The number of sulfonamides is 1. The minimum Gasteiger partial charge on any atom is -0.225 e. The molecule has 0 heterocycles. The topological polar surface area (TPSA) is 60.2 Å². The summed E-state index contributed by atoms with van der Waals surface area (Å²) in [5.74, 6) is 0. The molecule has 1 spiro atoms. The fraction of sp³-hybridized carbons (Fsp3) is 0.391. The van der Waals surface area contributed by atoms with Crippen molar-refractivity contribution in [3.05, 3.63) is 65.2 Å². The summed E-state index contributed by atoms with van der Waals surface area (Å²) < 4.78 is 24.4. The lowest BCUT2D eigenvalue weighted by Gasteiger charge is -2.23. The van der Waals surface area contributed by atoms with E-state index in [9.17, 15) is 8.42 Å². The highest BCUT2D eigenvalue weighted by Crippen LogP contribution is 2.58. The highest BCUT2D eigenvalue weighted by molar-refractivity contribution is 7.89. The number of primary sulfonamides is 1. The maximum Gasteiger partial charge on any atom is 0.238 e. The lowest BCUT2D eigenvalue weighted by molar-refractivity contribution is 0.329. The zero-order chi connectivity index (χ0) is 19.1. The van der Waals surface area contributed by atoms with Gasteiger partial charge in [-0.15, -0.1) is 0 Å². The average Bonchev–Trinajstić information content (AvgIpc) is 3.28. The Kier molecular flexibility index (Phi) is 4.73. The highest BCUT2D eigenvalue weighted by atomic mass is 32.2. The van der Waals surface area contributed by atoms with Gasteiger partial charge >= 0.3 is 0 Å². The van der Waals surface area contributed by atoms with E-state index in [-0.39, 0.29) is 4.90 Å². The average molecular weight is 382 g/mol. The van der Waals surface area contributed by atoms with Crippen LogP contribution in [0.15, 0.2) is 53.4 Å². The third kappa shape index (κ3) is 3.48. The van der Waals surface area contributed by atoms with Gasteiger partial charge in [-0.1, -0.05) is 62.2 Å². The molecule has 4 rings (SSSR count). The van der Waals surface area contributed by atoms with E-state index in [1.807, 2.05) is 12.1 Å². The summed E-state index contributed by atoms with van der Waals surface area (Å²) in [4.78, 5) is 0.248. The molecule has 2 aromatic carbocycles. The zero-order valence-electron chi connectivity index (χ0n) is 15.9. The quantitative estimate of drug-likeness (QED) is 0.795. The lowest BCUT2D eigenvalue weighted by Crippen LogP contribution is -2.15. The third-order valence-electron chi connectivity index (χ3n) is 6.36. The van der Waals surface area contributed by atoms with Crippen LogP contribution in [0.25, 0.3) is 11.1 Å². The first-order valence-corrected chi connectivity index (χ1v) is 11.4. The highest BCUT2D eigenvalue weighted by Gasteiger charge is 2.42. The normalized spacial score (nSPS) is 19.2. The number of aryl methyl sites for hydroxylation is 1. The van der Waals surface area contributed by atoms with Crippen LogP contribution in [0.3, 0.4) is 0 Å². The van der Waals surface area contributed by atoms with Crippen molar-refractivity contribution in [2.24, 2.45) is 10.6 Å². The number of benzene rings is 2. The standard InChI is InChI=1S/C23H27NO2S/c1-2-17-9-11-18(12-10-17)20-15-23(13-5-6-14-23)16-21(20)19-7-3-4-8-22(19)27(24,25)26/h3-4,7-12H,2,5-6,13-16H2,1H3,(H2,24,25,26). The van der Waals surface area contributed by atoms with Gasteiger partial charge in [0, 0.05) is 0 Å². The van der Waals surface area contributed by atoms with Gasteiger partial charge < -0.3 is 0 Å². The summed E-state index contributed by atoms with van der Waals surface area (Å²) >= 11 is 0. The van der Waals surface area contributed by atoms with Crippen LogP contribution in [0.2, 0.25) is 0 Å².